The molecule has 22 heavy (non-hydrogen) atoms. The summed E-state index contributed by atoms with van der Waals surface area (Å²) in [5, 5.41) is 3.21. The zero-order valence-corrected chi connectivity index (χ0v) is 13.1. The Morgan fingerprint density at radius 1 is 1.09 bits per heavy atom. The standard InChI is InChI=1S/C17H16ClNO3/c1-21-13-9-12(10-14(11-13)22-2)7-8-17(20)19-16-6-4-3-5-15(16)18/h3-11H,1-2H3,(H,19,20)/b8-7+. The molecule has 2 rings (SSSR count). The van der Waals surface area contributed by atoms with Crippen LogP contribution in [0.15, 0.2) is 48.5 Å². The largest absolute Gasteiger partial charge is 0.497 e. The summed E-state index contributed by atoms with van der Waals surface area (Å²) >= 11 is 5.99. The number of para-hydroxylation sites is 1. The van der Waals surface area contributed by atoms with Crippen LogP contribution in [0.25, 0.3) is 6.08 Å². The smallest absolute Gasteiger partial charge is 0.248 e. The third kappa shape index (κ3) is 4.27. The van der Waals surface area contributed by atoms with Gasteiger partial charge in [-0.1, -0.05) is 23.7 Å². The van der Waals surface area contributed by atoms with E-state index in [9.17, 15) is 4.79 Å². The monoisotopic (exact) mass is 317 g/mol. The molecular weight excluding hydrogens is 302 g/mol. The van der Waals surface area contributed by atoms with E-state index in [4.69, 9.17) is 21.1 Å². The van der Waals surface area contributed by atoms with Gasteiger partial charge in [0, 0.05) is 12.1 Å². The van der Waals surface area contributed by atoms with Crippen molar-refractivity contribution < 1.29 is 14.3 Å². The van der Waals surface area contributed by atoms with Crippen LogP contribution in [-0.2, 0) is 4.79 Å². The second-order valence-electron chi connectivity index (χ2n) is 4.45. The predicted molar refractivity (Wildman–Crippen MR) is 88.7 cm³/mol. The van der Waals surface area contributed by atoms with Crippen molar-refractivity contribution in [1.29, 1.82) is 0 Å². The van der Waals surface area contributed by atoms with Crippen molar-refractivity contribution in [3.63, 3.8) is 0 Å². The average Bonchev–Trinajstić information content (AvgIpc) is 2.54. The lowest BCUT2D eigenvalue weighted by Gasteiger charge is -2.06. The first-order chi connectivity index (χ1) is 10.6. The maximum Gasteiger partial charge on any atom is 0.248 e. The first kappa shape index (κ1) is 15.9. The highest BCUT2D eigenvalue weighted by Gasteiger charge is 2.03. The molecule has 0 saturated carbocycles. The molecule has 114 valence electrons. The van der Waals surface area contributed by atoms with E-state index in [0.29, 0.717) is 22.2 Å². The molecule has 1 N–H and O–H groups in total. The van der Waals surface area contributed by atoms with Gasteiger partial charge in [0.2, 0.25) is 5.91 Å². The number of benzene rings is 2. The summed E-state index contributed by atoms with van der Waals surface area (Å²) in [5.74, 6) is 1.05. The van der Waals surface area contributed by atoms with Gasteiger partial charge in [-0.15, -0.1) is 0 Å². The Labute approximate surface area is 134 Å². The highest BCUT2D eigenvalue weighted by Crippen LogP contribution is 2.23. The van der Waals surface area contributed by atoms with Crippen LogP contribution in [0.2, 0.25) is 5.02 Å². The molecule has 0 heterocycles. The molecule has 0 radical (unpaired) electrons. The summed E-state index contributed by atoms with van der Waals surface area (Å²) < 4.78 is 10.4. The highest BCUT2D eigenvalue weighted by molar-refractivity contribution is 6.33. The Morgan fingerprint density at radius 2 is 1.73 bits per heavy atom. The number of ether oxygens (including phenoxy) is 2. The number of hydrogen-bond donors (Lipinski definition) is 1. The summed E-state index contributed by atoms with van der Waals surface area (Å²) in [6.45, 7) is 0. The van der Waals surface area contributed by atoms with E-state index >= 15 is 0 Å². The molecule has 0 fully saturated rings. The Hall–Kier alpha value is -2.46. The number of methoxy groups -OCH3 is 2. The minimum atomic E-state index is -0.269. The number of anilines is 1. The molecule has 1 amide bonds. The van der Waals surface area contributed by atoms with Crippen LogP contribution < -0.4 is 14.8 Å². The van der Waals surface area contributed by atoms with Gasteiger partial charge in [0.1, 0.15) is 11.5 Å². The molecule has 0 unspecified atom stereocenters. The lowest BCUT2D eigenvalue weighted by Crippen LogP contribution is -2.07. The van der Waals surface area contributed by atoms with Crippen LogP contribution in [0.1, 0.15) is 5.56 Å². The van der Waals surface area contributed by atoms with E-state index in [1.807, 2.05) is 12.1 Å². The number of amides is 1. The number of halogens is 1. The molecular formula is C17H16ClNO3. The lowest BCUT2D eigenvalue weighted by atomic mass is 10.2. The number of hydrogen-bond acceptors (Lipinski definition) is 3. The summed E-state index contributed by atoms with van der Waals surface area (Å²) in [6, 6.07) is 12.4. The Bertz CT molecular complexity index is 676. The Morgan fingerprint density at radius 3 is 2.32 bits per heavy atom. The average molecular weight is 318 g/mol. The van der Waals surface area contributed by atoms with Gasteiger partial charge in [0.25, 0.3) is 0 Å². The van der Waals surface area contributed by atoms with Crippen molar-refractivity contribution in [3.05, 3.63) is 59.1 Å². The van der Waals surface area contributed by atoms with Crippen LogP contribution in [0.3, 0.4) is 0 Å². The molecule has 0 bridgehead atoms. The van der Waals surface area contributed by atoms with E-state index in [-0.39, 0.29) is 5.91 Å². The van der Waals surface area contributed by atoms with Crippen molar-refractivity contribution >= 4 is 29.3 Å². The SMILES string of the molecule is COc1cc(/C=C/C(=O)Nc2ccccc2Cl)cc(OC)c1. The van der Waals surface area contributed by atoms with Crippen molar-refractivity contribution in [2.45, 2.75) is 0 Å². The quantitative estimate of drug-likeness (QED) is 0.848. The molecule has 0 spiro atoms. The van der Waals surface area contributed by atoms with E-state index in [0.717, 1.165) is 5.56 Å². The maximum atomic E-state index is 11.9. The first-order valence-corrected chi connectivity index (χ1v) is 6.97. The van der Waals surface area contributed by atoms with Gasteiger partial charge in [0.15, 0.2) is 0 Å². The summed E-state index contributed by atoms with van der Waals surface area (Å²) in [4.78, 5) is 11.9. The first-order valence-electron chi connectivity index (χ1n) is 6.59. The van der Waals surface area contributed by atoms with E-state index in [1.54, 1.807) is 50.6 Å². The molecule has 0 aliphatic heterocycles. The zero-order valence-electron chi connectivity index (χ0n) is 12.3. The minimum Gasteiger partial charge on any atom is -0.497 e. The normalized spacial score (nSPS) is 10.5. The van der Waals surface area contributed by atoms with Gasteiger partial charge in [-0.05, 0) is 35.9 Å². The summed E-state index contributed by atoms with van der Waals surface area (Å²) in [6.07, 6.45) is 3.11. The fourth-order valence-electron chi connectivity index (χ4n) is 1.83. The molecule has 4 nitrogen and oxygen atoms in total. The van der Waals surface area contributed by atoms with Crippen LogP contribution in [0.4, 0.5) is 5.69 Å². The number of nitrogens with one attached hydrogen (secondary N) is 1. The van der Waals surface area contributed by atoms with Crippen molar-refractivity contribution in [2.75, 3.05) is 19.5 Å². The number of carbonyl (C=O) groups excluding carboxylic acids is 1. The summed E-state index contributed by atoms with van der Waals surface area (Å²) in [5.41, 5.74) is 1.37. The van der Waals surface area contributed by atoms with Gasteiger partial charge in [-0.2, -0.15) is 0 Å². The molecule has 2 aromatic carbocycles. The van der Waals surface area contributed by atoms with Gasteiger partial charge >= 0.3 is 0 Å². The van der Waals surface area contributed by atoms with Gasteiger partial charge in [-0.3, -0.25) is 4.79 Å². The minimum absolute atomic E-state index is 0.269. The van der Waals surface area contributed by atoms with E-state index < -0.39 is 0 Å². The van der Waals surface area contributed by atoms with Gasteiger partial charge in [0.05, 0.1) is 24.9 Å². The molecule has 0 aromatic heterocycles. The molecule has 0 aliphatic carbocycles. The van der Waals surface area contributed by atoms with Crippen LogP contribution in [0, 0.1) is 0 Å². The molecule has 0 atom stereocenters. The van der Waals surface area contributed by atoms with Gasteiger partial charge in [-0.25, -0.2) is 0 Å². The fraction of sp³-hybridized carbons (Fsp3) is 0.118. The van der Waals surface area contributed by atoms with Crippen LogP contribution in [0.5, 0.6) is 11.5 Å². The fourth-order valence-corrected chi connectivity index (χ4v) is 2.02. The highest BCUT2D eigenvalue weighted by atomic mass is 35.5. The summed E-state index contributed by atoms with van der Waals surface area (Å²) in [7, 11) is 3.15. The molecule has 2 aromatic rings. The molecule has 0 aliphatic rings. The Kier molecular flexibility index (Phi) is 5.44. The van der Waals surface area contributed by atoms with Crippen LogP contribution >= 0.6 is 11.6 Å². The lowest BCUT2D eigenvalue weighted by molar-refractivity contribution is -0.111. The Balaban J connectivity index is 2.11. The van der Waals surface area contributed by atoms with Crippen molar-refractivity contribution in [1.82, 2.24) is 0 Å². The van der Waals surface area contributed by atoms with Crippen molar-refractivity contribution in [3.8, 4) is 11.5 Å². The second kappa shape index (κ2) is 7.52. The molecule has 0 saturated heterocycles. The third-order valence-corrected chi connectivity index (χ3v) is 3.26. The third-order valence-electron chi connectivity index (χ3n) is 2.93. The van der Waals surface area contributed by atoms with E-state index in [2.05, 4.69) is 5.32 Å². The van der Waals surface area contributed by atoms with Crippen molar-refractivity contribution in [2.24, 2.45) is 0 Å². The topological polar surface area (TPSA) is 47.6 Å². The zero-order chi connectivity index (χ0) is 15.9. The van der Waals surface area contributed by atoms with Crippen LogP contribution in [-0.4, -0.2) is 20.1 Å². The number of rotatable bonds is 5. The number of carbonyl (C=O) groups is 1. The van der Waals surface area contributed by atoms with E-state index in [1.165, 1.54) is 6.08 Å². The maximum absolute atomic E-state index is 11.9. The molecule has 5 heteroatoms. The predicted octanol–water partition coefficient (Wildman–Crippen LogP) is 4.01. The second-order valence-corrected chi connectivity index (χ2v) is 4.86. The van der Waals surface area contributed by atoms with Gasteiger partial charge < -0.3 is 14.8 Å².